The van der Waals surface area contributed by atoms with Crippen LogP contribution in [0.25, 0.3) is 0 Å². The molecule has 0 radical (unpaired) electrons. The van der Waals surface area contributed by atoms with Crippen molar-refractivity contribution in [2.24, 2.45) is 5.73 Å². The van der Waals surface area contributed by atoms with Crippen molar-refractivity contribution in [1.82, 2.24) is 14.3 Å². The molecule has 1 aromatic rings. The molecule has 96 valence electrons. The van der Waals surface area contributed by atoms with Gasteiger partial charge >= 0.3 is 0 Å². The van der Waals surface area contributed by atoms with Crippen molar-refractivity contribution in [2.75, 3.05) is 7.05 Å². The summed E-state index contributed by atoms with van der Waals surface area (Å²) in [4.78, 5) is 6.82. The van der Waals surface area contributed by atoms with Crippen LogP contribution in [0.5, 0.6) is 0 Å². The molecule has 0 amide bonds. The van der Waals surface area contributed by atoms with E-state index in [4.69, 9.17) is 18.0 Å². The minimum Gasteiger partial charge on any atom is -0.392 e. The van der Waals surface area contributed by atoms with Crippen LogP contribution >= 0.6 is 12.2 Å². The highest BCUT2D eigenvalue weighted by Gasteiger charge is 2.30. The molecular formula is C9H16N4O2S2. The Bertz CT molecular complexity index is 469. The van der Waals surface area contributed by atoms with E-state index in [9.17, 15) is 8.42 Å². The van der Waals surface area contributed by atoms with E-state index < -0.39 is 15.3 Å². The smallest absolute Gasteiger partial charge is 0.223 e. The van der Waals surface area contributed by atoms with Gasteiger partial charge in [0.1, 0.15) is 11.1 Å². The lowest BCUT2D eigenvalue weighted by Gasteiger charge is -2.22. The molecule has 0 bridgehead atoms. The maximum absolute atomic E-state index is 12.1. The number of aromatic nitrogens is 2. The van der Waals surface area contributed by atoms with Crippen LogP contribution in [0.2, 0.25) is 0 Å². The number of H-pyrrole nitrogens is 1. The van der Waals surface area contributed by atoms with Gasteiger partial charge < -0.3 is 10.7 Å². The number of rotatable bonds is 6. The number of nitrogens with zero attached hydrogens (tertiary/aromatic N) is 2. The van der Waals surface area contributed by atoms with Crippen LogP contribution in [0.3, 0.4) is 0 Å². The Morgan fingerprint density at radius 3 is 2.76 bits per heavy atom. The lowest BCUT2D eigenvalue weighted by molar-refractivity contribution is 0.453. The SMILES string of the molecule is CCC(C(N)=S)S(=O)(=O)N(C)Cc1ncc[nH]1. The number of nitrogens with two attached hydrogens (primary N) is 1. The minimum atomic E-state index is -3.52. The number of sulfonamides is 1. The summed E-state index contributed by atoms with van der Waals surface area (Å²) in [6.45, 7) is 1.91. The standard InChI is InChI=1S/C9H16N4O2S2/c1-3-7(9(10)16)17(14,15)13(2)6-8-11-4-5-12-8/h4-5,7H,3,6H2,1-2H3,(H2,10,16)(H,11,12). The van der Waals surface area contributed by atoms with E-state index in [0.717, 1.165) is 0 Å². The molecule has 0 spiro atoms. The average molecular weight is 276 g/mol. The predicted octanol–water partition coefficient (Wildman–Crippen LogP) is 0.236. The Balaban J connectivity index is 2.86. The lowest BCUT2D eigenvalue weighted by atomic mass is 10.3. The number of nitrogens with one attached hydrogen (secondary N) is 1. The van der Waals surface area contributed by atoms with Crippen molar-refractivity contribution in [2.45, 2.75) is 25.1 Å². The zero-order chi connectivity index (χ0) is 13.1. The molecule has 0 aliphatic carbocycles. The summed E-state index contributed by atoms with van der Waals surface area (Å²) in [5.74, 6) is 0.578. The maximum atomic E-state index is 12.1. The van der Waals surface area contributed by atoms with E-state index in [2.05, 4.69) is 9.97 Å². The molecule has 17 heavy (non-hydrogen) atoms. The predicted molar refractivity (Wildman–Crippen MR) is 69.8 cm³/mol. The summed E-state index contributed by atoms with van der Waals surface area (Å²) >= 11 is 4.78. The van der Waals surface area contributed by atoms with E-state index in [1.807, 2.05) is 0 Å². The largest absolute Gasteiger partial charge is 0.392 e. The van der Waals surface area contributed by atoms with Crippen molar-refractivity contribution in [1.29, 1.82) is 0 Å². The quantitative estimate of drug-likeness (QED) is 0.726. The second-order valence-electron chi connectivity index (χ2n) is 3.64. The number of thiocarbonyl (C=S) groups is 1. The molecule has 0 saturated carbocycles. The molecule has 3 N–H and O–H groups in total. The van der Waals surface area contributed by atoms with E-state index in [1.165, 1.54) is 11.4 Å². The minimum absolute atomic E-state index is 0.00112. The van der Waals surface area contributed by atoms with Crippen molar-refractivity contribution in [3.63, 3.8) is 0 Å². The highest BCUT2D eigenvalue weighted by Crippen LogP contribution is 2.13. The fourth-order valence-corrected chi connectivity index (χ4v) is 3.44. The lowest BCUT2D eigenvalue weighted by Crippen LogP contribution is -2.42. The first-order valence-corrected chi connectivity index (χ1v) is 7.03. The third-order valence-electron chi connectivity index (χ3n) is 2.41. The summed E-state index contributed by atoms with van der Waals surface area (Å²) in [6.07, 6.45) is 3.57. The van der Waals surface area contributed by atoms with Gasteiger partial charge in [-0.15, -0.1) is 0 Å². The van der Waals surface area contributed by atoms with Crippen molar-refractivity contribution >= 4 is 27.2 Å². The molecule has 8 heteroatoms. The first-order chi connectivity index (χ1) is 7.89. The van der Waals surface area contributed by atoms with Crippen molar-refractivity contribution in [3.8, 4) is 0 Å². The summed E-state index contributed by atoms with van der Waals surface area (Å²) in [6, 6.07) is 0. The Hall–Kier alpha value is -0.990. The molecule has 0 aliphatic heterocycles. The second-order valence-corrected chi connectivity index (χ2v) is 6.33. The third-order valence-corrected chi connectivity index (χ3v) is 5.15. The van der Waals surface area contributed by atoms with Gasteiger partial charge in [-0.25, -0.2) is 13.4 Å². The Labute approximate surface area is 106 Å². The van der Waals surface area contributed by atoms with Gasteiger partial charge in [0.05, 0.1) is 11.5 Å². The number of hydrogen-bond acceptors (Lipinski definition) is 4. The summed E-state index contributed by atoms with van der Waals surface area (Å²) in [5.41, 5.74) is 5.45. The zero-order valence-electron chi connectivity index (χ0n) is 9.75. The van der Waals surface area contributed by atoms with Crippen LogP contribution in [0, 0.1) is 0 Å². The van der Waals surface area contributed by atoms with E-state index in [1.54, 1.807) is 19.3 Å². The Morgan fingerprint density at radius 1 is 1.71 bits per heavy atom. The number of hydrogen-bond donors (Lipinski definition) is 2. The first-order valence-electron chi connectivity index (χ1n) is 5.12. The normalized spacial score (nSPS) is 13.8. The highest BCUT2D eigenvalue weighted by molar-refractivity contribution is 7.92. The van der Waals surface area contributed by atoms with Crippen LogP contribution in [-0.4, -0.2) is 40.0 Å². The zero-order valence-corrected chi connectivity index (χ0v) is 11.4. The first kappa shape index (κ1) is 14.1. The fraction of sp³-hybridized carbons (Fsp3) is 0.556. The van der Waals surface area contributed by atoms with Gasteiger partial charge in [-0.3, -0.25) is 0 Å². The van der Waals surface area contributed by atoms with Gasteiger partial charge in [0.15, 0.2) is 0 Å². The molecule has 0 aromatic carbocycles. The van der Waals surface area contributed by atoms with Gasteiger partial charge in [0.2, 0.25) is 10.0 Å². The van der Waals surface area contributed by atoms with E-state index in [0.29, 0.717) is 12.2 Å². The molecule has 0 saturated heterocycles. The van der Waals surface area contributed by atoms with Crippen molar-refractivity contribution < 1.29 is 8.42 Å². The molecule has 6 nitrogen and oxygen atoms in total. The molecule has 1 atom stereocenters. The summed E-state index contributed by atoms with van der Waals surface area (Å²) in [7, 11) is -2.03. The molecule has 1 rings (SSSR count). The number of aromatic amines is 1. The third kappa shape index (κ3) is 3.24. The Kier molecular flexibility index (Phi) is 4.61. The van der Waals surface area contributed by atoms with Crippen molar-refractivity contribution in [3.05, 3.63) is 18.2 Å². The average Bonchev–Trinajstić information content (AvgIpc) is 2.70. The van der Waals surface area contributed by atoms with Crippen LogP contribution in [0.15, 0.2) is 12.4 Å². The van der Waals surface area contributed by atoms with E-state index in [-0.39, 0.29) is 11.5 Å². The molecule has 1 heterocycles. The highest BCUT2D eigenvalue weighted by atomic mass is 32.2. The number of imidazole rings is 1. The molecule has 0 fully saturated rings. The van der Waals surface area contributed by atoms with Gasteiger partial charge in [-0.05, 0) is 6.42 Å². The molecule has 0 aliphatic rings. The molecule has 1 unspecified atom stereocenters. The molecular weight excluding hydrogens is 260 g/mol. The van der Waals surface area contributed by atoms with Crippen LogP contribution in [0.1, 0.15) is 19.2 Å². The second kappa shape index (κ2) is 5.56. The van der Waals surface area contributed by atoms with Crippen LogP contribution in [-0.2, 0) is 16.6 Å². The summed E-state index contributed by atoms with van der Waals surface area (Å²) < 4.78 is 25.5. The van der Waals surface area contributed by atoms with E-state index >= 15 is 0 Å². The van der Waals surface area contributed by atoms with Crippen LogP contribution in [0.4, 0.5) is 0 Å². The topological polar surface area (TPSA) is 92.1 Å². The summed E-state index contributed by atoms with van der Waals surface area (Å²) in [5, 5.41) is -0.822. The van der Waals surface area contributed by atoms with Crippen LogP contribution < -0.4 is 5.73 Å². The van der Waals surface area contributed by atoms with Gasteiger partial charge in [0.25, 0.3) is 0 Å². The molecule has 1 aromatic heterocycles. The van der Waals surface area contributed by atoms with Gasteiger partial charge in [-0.1, -0.05) is 19.1 Å². The van der Waals surface area contributed by atoms with Gasteiger partial charge in [0, 0.05) is 19.4 Å². The monoisotopic (exact) mass is 276 g/mol. The maximum Gasteiger partial charge on any atom is 0.223 e. The fourth-order valence-electron chi connectivity index (χ4n) is 1.46. The Morgan fingerprint density at radius 2 is 2.35 bits per heavy atom. The van der Waals surface area contributed by atoms with Gasteiger partial charge in [-0.2, -0.15) is 4.31 Å².